The Hall–Kier alpha value is -3.78. The molecule has 3 N–H and O–H groups in total. The molecule has 1 amide bonds. The number of H-pyrrole nitrogens is 1. The summed E-state index contributed by atoms with van der Waals surface area (Å²) in [6.45, 7) is 5.44. The number of ether oxygens (including phenoxy) is 1. The van der Waals surface area contributed by atoms with Gasteiger partial charge in [-0.1, -0.05) is 36.7 Å². The summed E-state index contributed by atoms with van der Waals surface area (Å²) in [7, 11) is 3.86. The molecule has 0 spiro atoms. The minimum Gasteiger partial charge on any atom is -0.443 e. The normalized spacial score (nSPS) is 18.0. The average Bonchev–Trinajstić information content (AvgIpc) is 3.26. The number of amides is 1. The fourth-order valence-electron chi connectivity index (χ4n) is 5.21. The zero-order chi connectivity index (χ0) is 27.4. The molecule has 2 unspecified atom stereocenters. The highest BCUT2D eigenvalue weighted by atomic mass is 35.5. The molecule has 0 bridgehead atoms. The molecule has 0 aliphatic carbocycles. The van der Waals surface area contributed by atoms with Crippen LogP contribution >= 0.6 is 11.6 Å². The first-order valence-electron chi connectivity index (χ1n) is 12.3. The van der Waals surface area contributed by atoms with E-state index in [4.69, 9.17) is 16.3 Å². The summed E-state index contributed by atoms with van der Waals surface area (Å²) in [5, 5.41) is 7.05. The number of hydrogen-bond donors (Lipinski definition) is 3. The van der Waals surface area contributed by atoms with Crippen LogP contribution in [0.25, 0.3) is 22.0 Å². The van der Waals surface area contributed by atoms with E-state index in [2.05, 4.69) is 15.6 Å². The van der Waals surface area contributed by atoms with E-state index in [1.165, 1.54) is 0 Å². The molecule has 38 heavy (non-hydrogen) atoms. The summed E-state index contributed by atoms with van der Waals surface area (Å²) in [6, 6.07) is 14.3. The standard InChI is InChI=1S/C29H29ClF2N4O2/c1-15-20-13-21(18-7-6-8-19-22(30)14-33-25(18)19)23(31)24(32)26(20)35-29(2,3)27(15)38-28(37)34-16-9-11-17(12-10-16)36(4)5/h6-15,27,33,35H,1-5H3,(H,34,37). The van der Waals surface area contributed by atoms with Crippen molar-refractivity contribution < 1.29 is 18.3 Å². The van der Waals surface area contributed by atoms with Crippen LogP contribution in [0.5, 0.6) is 0 Å². The maximum atomic E-state index is 15.5. The topological polar surface area (TPSA) is 69.4 Å². The van der Waals surface area contributed by atoms with Crippen molar-refractivity contribution in [2.75, 3.05) is 29.6 Å². The third kappa shape index (κ3) is 4.43. The van der Waals surface area contributed by atoms with E-state index in [9.17, 15) is 4.79 Å². The number of nitrogens with one attached hydrogen (secondary N) is 3. The molecule has 4 aromatic rings. The Bertz CT molecular complexity index is 1530. The van der Waals surface area contributed by atoms with Gasteiger partial charge in [-0.15, -0.1) is 0 Å². The quantitative estimate of drug-likeness (QED) is 0.248. The van der Waals surface area contributed by atoms with Crippen molar-refractivity contribution in [1.29, 1.82) is 0 Å². The van der Waals surface area contributed by atoms with Crippen LogP contribution in [0, 0.1) is 11.6 Å². The van der Waals surface area contributed by atoms with Crippen LogP contribution in [0.2, 0.25) is 5.02 Å². The molecule has 198 valence electrons. The van der Waals surface area contributed by atoms with E-state index in [1.807, 2.05) is 44.1 Å². The van der Waals surface area contributed by atoms with E-state index in [1.54, 1.807) is 50.4 Å². The first kappa shape index (κ1) is 25.9. The zero-order valence-corrected chi connectivity index (χ0v) is 22.5. The largest absolute Gasteiger partial charge is 0.443 e. The Labute approximate surface area is 224 Å². The smallest absolute Gasteiger partial charge is 0.411 e. The van der Waals surface area contributed by atoms with Gasteiger partial charge in [0.15, 0.2) is 11.6 Å². The SMILES string of the molecule is CC1c2cc(-c3cccc4c(Cl)c[nH]c34)c(F)c(F)c2NC(C)(C)C1OC(=O)Nc1ccc(N(C)C)cc1. The number of para-hydroxylation sites is 1. The number of anilines is 3. The molecular formula is C29H29ClF2N4O2. The van der Waals surface area contributed by atoms with E-state index in [0.29, 0.717) is 32.7 Å². The fourth-order valence-corrected chi connectivity index (χ4v) is 5.42. The number of nitrogens with zero attached hydrogens (tertiary/aromatic N) is 1. The predicted octanol–water partition coefficient (Wildman–Crippen LogP) is 7.76. The molecule has 2 heterocycles. The summed E-state index contributed by atoms with van der Waals surface area (Å²) < 4.78 is 36.9. The molecule has 1 aromatic heterocycles. The van der Waals surface area contributed by atoms with Crippen LogP contribution in [-0.2, 0) is 4.74 Å². The monoisotopic (exact) mass is 538 g/mol. The van der Waals surface area contributed by atoms with Gasteiger partial charge in [-0.25, -0.2) is 13.6 Å². The molecule has 6 nitrogen and oxygen atoms in total. The molecule has 1 aliphatic rings. The van der Waals surface area contributed by atoms with Crippen molar-refractivity contribution in [1.82, 2.24) is 4.98 Å². The van der Waals surface area contributed by atoms with Crippen LogP contribution in [0.4, 0.5) is 30.6 Å². The maximum Gasteiger partial charge on any atom is 0.411 e. The third-order valence-corrected chi connectivity index (χ3v) is 7.47. The number of carbonyl (C=O) groups excluding carboxylic acids is 1. The molecular weight excluding hydrogens is 510 g/mol. The van der Waals surface area contributed by atoms with E-state index in [-0.39, 0.29) is 11.3 Å². The van der Waals surface area contributed by atoms with Crippen LogP contribution in [0.3, 0.4) is 0 Å². The van der Waals surface area contributed by atoms with E-state index in [0.717, 1.165) is 5.69 Å². The number of fused-ring (bicyclic) bond motifs is 2. The zero-order valence-electron chi connectivity index (χ0n) is 21.7. The molecule has 0 radical (unpaired) electrons. The molecule has 3 aromatic carbocycles. The van der Waals surface area contributed by atoms with Gasteiger partial charge in [0.2, 0.25) is 0 Å². The molecule has 2 atom stereocenters. The predicted molar refractivity (Wildman–Crippen MR) is 149 cm³/mol. The van der Waals surface area contributed by atoms with Gasteiger partial charge in [0.25, 0.3) is 0 Å². The highest BCUT2D eigenvalue weighted by Gasteiger charge is 2.44. The van der Waals surface area contributed by atoms with Gasteiger partial charge in [0, 0.05) is 54.1 Å². The fraction of sp³-hybridized carbons (Fsp3) is 0.276. The van der Waals surface area contributed by atoms with E-state index < -0.39 is 35.3 Å². The summed E-state index contributed by atoms with van der Waals surface area (Å²) >= 11 is 6.25. The number of rotatable bonds is 4. The third-order valence-electron chi connectivity index (χ3n) is 7.16. The van der Waals surface area contributed by atoms with Crippen LogP contribution in [-0.4, -0.2) is 36.8 Å². The van der Waals surface area contributed by atoms with Crippen molar-refractivity contribution >= 4 is 45.7 Å². The maximum absolute atomic E-state index is 15.5. The van der Waals surface area contributed by atoms with Gasteiger partial charge in [0.05, 0.1) is 21.8 Å². The summed E-state index contributed by atoms with van der Waals surface area (Å²) in [5.41, 5.74) is 2.49. The molecule has 5 rings (SSSR count). The van der Waals surface area contributed by atoms with Crippen LogP contribution in [0.1, 0.15) is 32.3 Å². The number of benzene rings is 3. The second kappa shape index (κ2) is 9.51. The molecule has 0 saturated carbocycles. The van der Waals surface area contributed by atoms with Crippen molar-refractivity contribution in [3.63, 3.8) is 0 Å². The second-order valence-electron chi connectivity index (χ2n) is 10.4. The van der Waals surface area contributed by atoms with E-state index >= 15 is 8.78 Å². The first-order chi connectivity index (χ1) is 18.0. The second-order valence-corrected chi connectivity index (χ2v) is 10.8. The van der Waals surface area contributed by atoms with Crippen molar-refractivity contribution in [3.8, 4) is 11.1 Å². The van der Waals surface area contributed by atoms with Gasteiger partial charge in [-0.3, -0.25) is 5.32 Å². The molecule has 9 heteroatoms. The van der Waals surface area contributed by atoms with Gasteiger partial charge in [-0.05, 0) is 49.7 Å². The lowest BCUT2D eigenvalue weighted by molar-refractivity contribution is 0.0567. The van der Waals surface area contributed by atoms with Crippen molar-refractivity contribution in [3.05, 3.63) is 76.9 Å². The number of aromatic amines is 1. The molecule has 1 aliphatic heterocycles. The van der Waals surface area contributed by atoms with Gasteiger partial charge >= 0.3 is 6.09 Å². The highest BCUT2D eigenvalue weighted by molar-refractivity contribution is 6.36. The summed E-state index contributed by atoms with van der Waals surface area (Å²) in [5.74, 6) is -2.38. The minimum atomic E-state index is -0.976. The van der Waals surface area contributed by atoms with Gasteiger partial charge < -0.3 is 19.9 Å². The lowest BCUT2D eigenvalue weighted by atomic mass is 9.78. The van der Waals surface area contributed by atoms with Crippen molar-refractivity contribution in [2.24, 2.45) is 0 Å². The lowest BCUT2D eigenvalue weighted by Crippen LogP contribution is -2.52. The van der Waals surface area contributed by atoms with Crippen LogP contribution < -0.4 is 15.5 Å². The van der Waals surface area contributed by atoms with Gasteiger partial charge in [0.1, 0.15) is 6.10 Å². The summed E-state index contributed by atoms with van der Waals surface area (Å²) in [4.78, 5) is 17.9. The van der Waals surface area contributed by atoms with Gasteiger partial charge in [-0.2, -0.15) is 0 Å². The Kier molecular flexibility index (Phi) is 6.47. The lowest BCUT2D eigenvalue weighted by Gasteiger charge is -2.44. The first-order valence-corrected chi connectivity index (χ1v) is 12.7. The Balaban J connectivity index is 1.48. The number of hydrogen-bond acceptors (Lipinski definition) is 4. The number of carbonyl (C=O) groups is 1. The molecule has 0 saturated heterocycles. The summed E-state index contributed by atoms with van der Waals surface area (Å²) in [6.07, 6.45) is 0.307. The highest BCUT2D eigenvalue weighted by Crippen LogP contribution is 2.46. The average molecular weight is 539 g/mol. The number of halogens is 3. The Morgan fingerprint density at radius 1 is 1.08 bits per heavy atom. The van der Waals surface area contributed by atoms with Crippen LogP contribution in [0.15, 0.2) is 54.7 Å². The number of aromatic nitrogens is 1. The Morgan fingerprint density at radius 2 is 1.79 bits per heavy atom. The molecule has 0 fully saturated rings. The Morgan fingerprint density at radius 3 is 2.47 bits per heavy atom. The van der Waals surface area contributed by atoms with Crippen molar-refractivity contribution in [2.45, 2.75) is 38.3 Å². The minimum absolute atomic E-state index is 0.0694.